The molecule has 3 rings (SSSR count). The summed E-state index contributed by atoms with van der Waals surface area (Å²) in [6.07, 6.45) is 1.71. The molecule has 1 aromatic carbocycles. The fraction of sp³-hybridized carbons (Fsp3) is 0.538. The fourth-order valence-corrected chi connectivity index (χ4v) is 3.84. The van der Waals surface area contributed by atoms with Crippen LogP contribution < -0.4 is 4.90 Å². The van der Waals surface area contributed by atoms with Crippen molar-refractivity contribution in [2.45, 2.75) is 78.2 Å². The molecule has 1 aliphatic heterocycles. The van der Waals surface area contributed by atoms with Gasteiger partial charge in [0.05, 0.1) is 18.5 Å². The molecule has 1 fully saturated rings. The van der Waals surface area contributed by atoms with Gasteiger partial charge >= 0.3 is 18.2 Å². The number of carbonyl (C=O) groups is 3. The molecule has 1 aromatic heterocycles. The van der Waals surface area contributed by atoms with Crippen molar-refractivity contribution in [3.8, 4) is 17.0 Å². The van der Waals surface area contributed by atoms with E-state index in [2.05, 4.69) is 5.10 Å². The lowest BCUT2D eigenvalue weighted by Crippen LogP contribution is -2.44. The van der Waals surface area contributed by atoms with Gasteiger partial charge in [0.1, 0.15) is 22.5 Å². The first-order valence-corrected chi connectivity index (χ1v) is 12.1. The molecule has 0 saturated carbocycles. The lowest BCUT2D eigenvalue weighted by atomic mass is 10.0. The highest BCUT2D eigenvalue weighted by molar-refractivity contribution is 6.15. The molecule has 0 radical (unpaired) electrons. The van der Waals surface area contributed by atoms with Gasteiger partial charge in [-0.25, -0.2) is 19.1 Å². The topological polar surface area (TPSA) is 129 Å². The largest absolute Gasteiger partial charge is 0.506 e. The Balaban J connectivity index is 2.17. The molecule has 202 valence electrons. The zero-order valence-electron chi connectivity index (χ0n) is 22.4. The van der Waals surface area contributed by atoms with E-state index in [1.807, 2.05) is 0 Å². The second-order valence-corrected chi connectivity index (χ2v) is 10.6. The third-order valence-electron chi connectivity index (χ3n) is 5.31. The van der Waals surface area contributed by atoms with Crippen molar-refractivity contribution in [3.63, 3.8) is 0 Å². The van der Waals surface area contributed by atoms with Crippen molar-refractivity contribution >= 4 is 23.8 Å². The first-order chi connectivity index (χ1) is 17.2. The second kappa shape index (κ2) is 10.8. The molecule has 2 aromatic rings. The summed E-state index contributed by atoms with van der Waals surface area (Å²) in [6, 6.07) is 4.51. The predicted octanol–water partition coefficient (Wildman–Crippen LogP) is 5.42. The summed E-state index contributed by atoms with van der Waals surface area (Å²) in [6.45, 7) is 10.4. The Bertz CT molecular complexity index is 1130. The minimum absolute atomic E-state index is 0.240. The third-order valence-corrected chi connectivity index (χ3v) is 5.31. The number of esters is 1. The maximum atomic E-state index is 13.2. The van der Waals surface area contributed by atoms with Crippen LogP contribution in [0.5, 0.6) is 5.75 Å². The summed E-state index contributed by atoms with van der Waals surface area (Å²) in [5.41, 5.74) is -1.86. The maximum Gasteiger partial charge on any atom is 0.424 e. The third kappa shape index (κ3) is 6.59. The lowest BCUT2D eigenvalue weighted by Gasteiger charge is -2.29. The molecular weight excluding hydrogens is 482 g/mol. The molecule has 0 spiro atoms. The number of hydrogen-bond donors (Lipinski definition) is 1. The number of phenolic OH excluding ortho intramolecular Hbond substituents is 1. The number of phenols is 1. The lowest BCUT2D eigenvalue weighted by molar-refractivity contribution is -0.0383. The summed E-state index contributed by atoms with van der Waals surface area (Å²) >= 11 is 0. The molecule has 1 N–H and O–H groups in total. The SMILES string of the molecule is COC(=O)c1c(N(C(=O)OC(C)(C)C)C(=O)OC(C)(C)C)ccc(-c2ccnn2C2CCCCO2)c1O. The van der Waals surface area contributed by atoms with E-state index in [1.54, 1.807) is 58.5 Å². The van der Waals surface area contributed by atoms with E-state index in [-0.39, 0.29) is 17.5 Å². The van der Waals surface area contributed by atoms with Crippen LogP contribution in [0.25, 0.3) is 11.3 Å². The molecule has 11 heteroatoms. The van der Waals surface area contributed by atoms with Gasteiger partial charge in [0.2, 0.25) is 0 Å². The quantitative estimate of drug-likeness (QED) is 0.417. The smallest absolute Gasteiger partial charge is 0.424 e. The number of aromatic hydroxyl groups is 1. The van der Waals surface area contributed by atoms with Crippen molar-refractivity contribution in [2.24, 2.45) is 0 Å². The predicted molar refractivity (Wildman–Crippen MR) is 134 cm³/mol. The normalized spacial score (nSPS) is 16.1. The van der Waals surface area contributed by atoms with Crippen LogP contribution in [0.3, 0.4) is 0 Å². The van der Waals surface area contributed by atoms with Crippen molar-refractivity contribution in [3.05, 3.63) is 30.0 Å². The number of ether oxygens (including phenoxy) is 4. The van der Waals surface area contributed by atoms with Crippen LogP contribution >= 0.6 is 0 Å². The molecule has 1 aliphatic rings. The van der Waals surface area contributed by atoms with E-state index in [0.29, 0.717) is 17.2 Å². The standard InChI is InChI=1S/C26H35N3O8/c1-25(2,3)36-23(32)28(24(33)37-26(4,5)6)18-12-11-16(21(30)20(18)22(31)34-7)17-13-14-27-29(17)19-10-8-9-15-35-19/h11-14,19,30H,8-10,15H2,1-7H3. The van der Waals surface area contributed by atoms with Gasteiger partial charge < -0.3 is 24.1 Å². The van der Waals surface area contributed by atoms with Gasteiger partial charge in [0.15, 0.2) is 6.23 Å². The molecule has 37 heavy (non-hydrogen) atoms. The Morgan fingerprint density at radius 1 is 1.03 bits per heavy atom. The first-order valence-electron chi connectivity index (χ1n) is 12.1. The Hall–Kier alpha value is -3.60. The fourth-order valence-electron chi connectivity index (χ4n) is 3.84. The van der Waals surface area contributed by atoms with E-state index >= 15 is 0 Å². The molecule has 1 atom stereocenters. The van der Waals surface area contributed by atoms with E-state index in [1.165, 1.54) is 12.1 Å². The highest BCUT2D eigenvalue weighted by Crippen LogP contribution is 2.40. The number of aromatic nitrogens is 2. The molecule has 11 nitrogen and oxygen atoms in total. The van der Waals surface area contributed by atoms with Crippen LogP contribution in [-0.2, 0) is 18.9 Å². The van der Waals surface area contributed by atoms with Crippen LogP contribution in [0.4, 0.5) is 15.3 Å². The number of anilines is 1. The van der Waals surface area contributed by atoms with Crippen LogP contribution in [0, 0.1) is 0 Å². The Morgan fingerprint density at radius 3 is 2.16 bits per heavy atom. The molecule has 2 heterocycles. The van der Waals surface area contributed by atoms with Gasteiger partial charge in [0, 0.05) is 18.4 Å². The monoisotopic (exact) mass is 517 g/mol. The number of amides is 2. The second-order valence-electron chi connectivity index (χ2n) is 10.6. The van der Waals surface area contributed by atoms with Crippen molar-refractivity contribution in [2.75, 3.05) is 18.6 Å². The van der Waals surface area contributed by atoms with E-state index in [9.17, 15) is 19.5 Å². The van der Waals surface area contributed by atoms with Crippen LogP contribution in [0.15, 0.2) is 24.4 Å². The Morgan fingerprint density at radius 2 is 1.65 bits per heavy atom. The Labute approximate surface area is 216 Å². The molecule has 1 unspecified atom stereocenters. The minimum atomic E-state index is -1.08. The van der Waals surface area contributed by atoms with Gasteiger partial charge in [-0.3, -0.25) is 0 Å². The van der Waals surface area contributed by atoms with Gasteiger partial charge in [-0.1, -0.05) is 0 Å². The molecule has 2 amide bonds. The van der Waals surface area contributed by atoms with Gasteiger partial charge in [0.25, 0.3) is 0 Å². The zero-order valence-corrected chi connectivity index (χ0v) is 22.4. The maximum absolute atomic E-state index is 13.2. The summed E-state index contributed by atoms with van der Waals surface area (Å²) in [7, 11) is 1.13. The van der Waals surface area contributed by atoms with Gasteiger partial charge in [-0.05, 0) is 79.0 Å². The zero-order chi connectivity index (χ0) is 27.5. The highest BCUT2D eigenvalue weighted by atomic mass is 16.6. The van der Waals surface area contributed by atoms with E-state index in [0.717, 1.165) is 26.4 Å². The van der Waals surface area contributed by atoms with Crippen LogP contribution in [-0.4, -0.2) is 58.0 Å². The van der Waals surface area contributed by atoms with Crippen molar-refractivity contribution in [1.29, 1.82) is 0 Å². The number of nitrogens with zero attached hydrogens (tertiary/aromatic N) is 3. The summed E-state index contributed by atoms with van der Waals surface area (Å²) < 4.78 is 23.2. The Kier molecular flexibility index (Phi) is 8.16. The number of rotatable bonds is 4. The molecule has 1 saturated heterocycles. The van der Waals surface area contributed by atoms with E-state index in [4.69, 9.17) is 18.9 Å². The number of hydrogen-bond acceptors (Lipinski definition) is 9. The summed E-state index contributed by atoms with van der Waals surface area (Å²) in [4.78, 5) is 39.8. The average molecular weight is 518 g/mol. The molecule has 0 aliphatic carbocycles. The summed E-state index contributed by atoms with van der Waals surface area (Å²) in [5, 5.41) is 15.7. The van der Waals surface area contributed by atoms with Crippen LogP contribution in [0.1, 0.15) is 77.4 Å². The highest BCUT2D eigenvalue weighted by Gasteiger charge is 2.37. The number of imide groups is 1. The van der Waals surface area contributed by atoms with E-state index < -0.39 is 40.7 Å². The minimum Gasteiger partial charge on any atom is -0.506 e. The van der Waals surface area contributed by atoms with Crippen molar-refractivity contribution < 1.29 is 38.4 Å². The first kappa shape index (κ1) is 28.0. The van der Waals surface area contributed by atoms with Crippen LogP contribution in [0.2, 0.25) is 0 Å². The molecular formula is C26H35N3O8. The van der Waals surface area contributed by atoms with Gasteiger partial charge in [-0.15, -0.1) is 0 Å². The number of methoxy groups -OCH3 is 1. The molecule has 0 bridgehead atoms. The number of benzene rings is 1. The van der Waals surface area contributed by atoms with Crippen molar-refractivity contribution in [1.82, 2.24) is 9.78 Å². The number of carbonyl (C=O) groups excluding carboxylic acids is 3. The summed E-state index contributed by atoms with van der Waals surface area (Å²) in [5.74, 6) is -1.47. The average Bonchev–Trinajstić information content (AvgIpc) is 3.26. The van der Waals surface area contributed by atoms with Gasteiger partial charge in [-0.2, -0.15) is 10.00 Å².